The number of aromatic nitrogens is 2. The minimum atomic E-state index is -3.42. The Bertz CT molecular complexity index is 628. The molecule has 0 atom stereocenters. The average Bonchev–Trinajstić information content (AvgIpc) is 2.64. The number of rotatable bonds is 3. The molecule has 0 radical (unpaired) electrons. The fourth-order valence-corrected chi connectivity index (χ4v) is 2.52. The summed E-state index contributed by atoms with van der Waals surface area (Å²) in [5.41, 5.74) is 0. The Morgan fingerprint density at radius 2 is 2.00 bits per heavy atom. The Labute approximate surface area is 97.0 Å². The van der Waals surface area contributed by atoms with E-state index in [2.05, 4.69) is 22.4 Å². The van der Waals surface area contributed by atoms with Gasteiger partial charge in [0.1, 0.15) is 5.75 Å². The van der Waals surface area contributed by atoms with E-state index in [0.29, 0.717) is 0 Å². The van der Waals surface area contributed by atoms with Crippen LogP contribution in [0.4, 0.5) is 0 Å². The molecule has 0 spiro atoms. The van der Waals surface area contributed by atoms with Gasteiger partial charge in [0.15, 0.2) is 9.84 Å². The summed E-state index contributed by atoms with van der Waals surface area (Å²) in [5.74, 6) is -0.238. The second kappa shape index (κ2) is 4.18. The number of benzene rings is 1. The largest absolute Gasteiger partial charge is 0.413 e. The van der Waals surface area contributed by atoms with Crippen molar-refractivity contribution in [2.24, 2.45) is 0 Å². The summed E-state index contributed by atoms with van der Waals surface area (Å²) in [4.78, 5) is 0.303. The van der Waals surface area contributed by atoms with Gasteiger partial charge in [-0.1, -0.05) is 18.2 Å². The number of nitrogens with zero attached hydrogens (tertiary/aromatic N) is 1. The van der Waals surface area contributed by atoms with Gasteiger partial charge in [0, 0.05) is 0 Å². The van der Waals surface area contributed by atoms with E-state index in [9.17, 15) is 8.42 Å². The minimum absolute atomic E-state index is 0.0638. The van der Waals surface area contributed by atoms with Gasteiger partial charge in [0.25, 0.3) is 4.84 Å². The molecule has 0 fully saturated rings. The molecule has 7 heteroatoms. The summed E-state index contributed by atoms with van der Waals surface area (Å²) < 4.78 is 28.6. The molecule has 0 bridgehead atoms. The summed E-state index contributed by atoms with van der Waals surface area (Å²) in [7, 11) is -3.42. The fraction of sp³-hybridized carbons (Fsp3) is 0.111. The molecule has 0 aliphatic rings. The lowest BCUT2D eigenvalue weighted by atomic mass is 10.4. The highest BCUT2D eigenvalue weighted by Crippen LogP contribution is 2.14. The molecule has 0 saturated heterocycles. The molecule has 2 aromatic rings. The first-order valence-corrected chi connectivity index (χ1v) is 6.46. The van der Waals surface area contributed by atoms with Crippen LogP contribution in [0.25, 0.3) is 0 Å². The van der Waals surface area contributed by atoms with Crippen molar-refractivity contribution in [2.75, 3.05) is 0 Å². The van der Waals surface area contributed by atoms with E-state index in [1.165, 1.54) is 12.1 Å². The average molecular weight is 256 g/mol. The monoisotopic (exact) mass is 256 g/mol. The zero-order chi connectivity index (χ0) is 11.6. The maximum Gasteiger partial charge on any atom is 0.284 e. The maximum absolute atomic E-state index is 11.9. The van der Waals surface area contributed by atoms with Gasteiger partial charge >= 0.3 is 0 Å². The van der Waals surface area contributed by atoms with Crippen LogP contribution < -0.4 is 0 Å². The molecule has 5 nitrogen and oxygen atoms in total. The van der Waals surface area contributed by atoms with E-state index >= 15 is 0 Å². The minimum Gasteiger partial charge on any atom is -0.413 e. The van der Waals surface area contributed by atoms with E-state index in [1.807, 2.05) is 0 Å². The Morgan fingerprint density at radius 3 is 2.56 bits per heavy atom. The van der Waals surface area contributed by atoms with E-state index in [4.69, 9.17) is 4.42 Å². The molecule has 1 N–H and O–H groups in total. The van der Waals surface area contributed by atoms with Crippen LogP contribution in [-0.4, -0.2) is 18.6 Å². The van der Waals surface area contributed by atoms with Gasteiger partial charge in [0.2, 0.25) is 5.89 Å². The summed E-state index contributed by atoms with van der Waals surface area (Å²) in [6, 6.07) is 8.12. The van der Waals surface area contributed by atoms with Crippen LogP contribution in [0.1, 0.15) is 5.89 Å². The maximum atomic E-state index is 11.9. The summed E-state index contributed by atoms with van der Waals surface area (Å²) >= 11 is 4.66. The predicted molar refractivity (Wildman–Crippen MR) is 59.0 cm³/mol. The summed E-state index contributed by atoms with van der Waals surface area (Å²) in [5, 5.41) is 6.03. The van der Waals surface area contributed by atoms with Crippen molar-refractivity contribution in [3.63, 3.8) is 0 Å². The molecule has 84 valence electrons. The summed E-state index contributed by atoms with van der Waals surface area (Å²) in [6.07, 6.45) is 0. The normalized spacial score (nSPS) is 11.5. The molecule has 0 amide bonds. The first-order chi connectivity index (χ1) is 7.58. The molecule has 1 heterocycles. The van der Waals surface area contributed by atoms with Gasteiger partial charge in [-0.3, -0.25) is 0 Å². The zero-order valence-electron chi connectivity index (χ0n) is 8.08. The second-order valence-corrected chi connectivity index (χ2v) is 5.44. The highest BCUT2D eigenvalue weighted by molar-refractivity contribution is 7.90. The predicted octanol–water partition coefficient (Wildman–Crippen LogP) is 1.71. The van der Waals surface area contributed by atoms with Crippen molar-refractivity contribution in [3.8, 4) is 0 Å². The number of sulfone groups is 1. The smallest absolute Gasteiger partial charge is 0.284 e. The van der Waals surface area contributed by atoms with Gasteiger partial charge < -0.3 is 4.42 Å². The van der Waals surface area contributed by atoms with Gasteiger partial charge in [-0.2, -0.15) is 0 Å². The first kappa shape index (κ1) is 11.0. The highest BCUT2D eigenvalue weighted by Gasteiger charge is 2.17. The topological polar surface area (TPSA) is 76.0 Å². The fourth-order valence-electron chi connectivity index (χ4n) is 1.20. The Kier molecular flexibility index (Phi) is 2.88. The zero-order valence-corrected chi connectivity index (χ0v) is 9.72. The molecule has 2 rings (SSSR count). The molecule has 16 heavy (non-hydrogen) atoms. The van der Waals surface area contributed by atoms with Crippen LogP contribution >= 0.6 is 12.2 Å². The Balaban J connectivity index is 2.31. The number of nitrogens with one attached hydrogen (secondary N) is 1. The third-order valence-electron chi connectivity index (χ3n) is 1.90. The lowest BCUT2D eigenvalue weighted by Crippen LogP contribution is -2.04. The molecule has 1 aromatic heterocycles. The van der Waals surface area contributed by atoms with Crippen LogP contribution in [0.15, 0.2) is 39.6 Å². The standard InChI is InChI=1S/C9H8N2O3S2/c12-16(13,7-4-2-1-3-5-7)6-8-10-11-9(15)14-8/h1-5H,6H2,(H,11,15). The molecule has 0 saturated carbocycles. The number of hydrogen-bond donors (Lipinski definition) is 1. The third-order valence-corrected chi connectivity index (χ3v) is 3.69. The third kappa shape index (κ3) is 2.37. The van der Waals surface area contributed by atoms with E-state index < -0.39 is 9.84 Å². The molecule has 0 aliphatic carbocycles. The molecule has 0 aliphatic heterocycles. The molecular formula is C9H8N2O3S2. The van der Waals surface area contributed by atoms with Gasteiger partial charge in [0.05, 0.1) is 4.90 Å². The molecule has 0 unspecified atom stereocenters. The highest BCUT2D eigenvalue weighted by atomic mass is 32.2. The SMILES string of the molecule is O=S(=O)(Cc1n[nH]c(=S)o1)c1ccccc1. The quantitative estimate of drug-likeness (QED) is 0.846. The van der Waals surface area contributed by atoms with E-state index in [1.54, 1.807) is 18.2 Å². The summed E-state index contributed by atoms with van der Waals surface area (Å²) in [6.45, 7) is 0. The van der Waals surface area contributed by atoms with Crippen LogP contribution in [0.2, 0.25) is 0 Å². The van der Waals surface area contributed by atoms with Crippen molar-refractivity contribution in [2.45, 2.75) is 10.6 Å². The van der Waals surface area contributed by atoms with Crippen LogP contribution in [-0.2, 0) is 15.6 Å². The van der Waals surface area contributed by atoms with Crippen LogP contribution in [0.5, 0.6) is 0 Å². The van der Waals surface area contributed by atoms with Gasteiger partial charge in [-0.05, 0) is 24.4 Å². The van der Waals surface area contributed by atoms with Crippen molar-refractivity contribution in [1.29, 1.82) is 0 Å². The molecular weight excluding hydrogens is 248 g/mol. The van der Waals surface area contributed by atoms with Crippen molar-refractivity contribution in [3.05, 3.63) is 41.1 Å². The van der Waals surface area contributed by atoms with Gasteiger partial charge in [-0.15, -0.1) is 5.10 Å². The Morgan fingerprint density at radius 1 is 1.31 bits per heavy atom. The Hall–Kier alpha value is -1.47. The van der Waals surface area contributed by atoms with E-state index in [-0.39, 0.29) is 21.4 Å². The molecule has 1 aromatic carbocycles. The second-order valence-electron chi connectivity index (χ2n) is 3.08. The van der Waals surface area contributed by atoms with Crippen LogP contribution in [0.3, 0.4) is 0 Å². The number of hydrogen-bond acceptors (Lipinski definition) is 5. The van der Waals surface area contributed by atoms with Crippen molar-refractivity contribution < 1.29 is 12.8 Å². The number of aromatic amines is 1. The van der Waals surface area contributed by atoms with Crippen molar-refractivity contribution >= 4 is 22.1 Å². The lowest BCUT2D eigenvalue weighted by molar-refractivity contribution is 0.493. The lowest BCUT2D eigenvalue weighted by Gasteiger charge is -2.00. The van der Waals surface area contributed by atoms with Crippen LogP contribution in [0, 0.1) is 4.84 Å². The number of H-pyrrole nitrogens is 1. The van der Waals surface area contributed by atoms with E-state index in [0.717, 1.165) is 0 Å². The van der Waals surface area contributed by atoms with Gasteiger partial charge in [-0.25, -0.2) is 13.5 Å². The van der Waals surface area contributed by atoms with Crippen molar-refractivity contribution in [1.82, 2.24) is 10.2 Å². The first-order valence-electron chi connectivity index (χ1n) is 4.40.